The predicted octanol–water partition coefficient (Wildman–Crippen LogP) is 0.530. The Kier molecular flexibility index (Phi) is 4.81. The summed E-state index contributed by atoms with van der Waals surface area (Å²) >= 11 is 0. The zero-order chi connectivity index (χ0) is 15.5. The van der Waals surface area contributed by atoms with Gasteiger partial charge < -0.3 is 10.3 Å². The van der Waals surface area contributed by atoms with Crippen molar-refractivity contribution in [2.24, 2.45) is 5.73 Å². The Labute approximate surface area is 124 Å². The van der Waals surface area contributed by atoms with Crippen LogP contribution in [0.4, 0.5) is 0 Å². The summed E-state index contributed by atoms with van der Waals surface area (Å²) < 4.78 is 30.9. The molecule has 2 aromatic heterocycles. The van der Waals surface area contributed by atoms with Crippen molar-refractivity contribution in [2.75, 3.05) is 0 Å². The highest BCUT2D eigenvalue weighted by atomic mass is 32.2. The number of nitrogens with one attached hydrogen (secondary N) is 1. The van der Waals surface area contributed by atoms with Gasteiger partial charge in [-0.05, 0) is 26.0 Å². The Morgan fingerprint density at radius 1 is 1.48 bits per heavy atom. The SMILES string of the molecule is CCn1cc(S(=O)(=O)NC(C)Cn2cccn2)cc1CN. The van der Waals surface area contributed by atoms with E-state index in [1.54, 1.807) is 42.3 Å². The van der Waals surface area contributed by atoms with Gasteiger partial charge in [0.2, 0.25) is 10.0 Å². The highest BCUT2D eigenvalue weighted by Crippen LogP contribution is 2.14. The number of nitrogens with zero attached hydrogens (tertiary/aromatic N) is 3. The summed E-state index contributed by atoms with van der Waals surface area (Å²) in [5, 5.41) is 4.06. The summed E-state index contributed by atoms with van der Waals surface area (Å²) in [6.45, 7) is 5.23. The maximum absolute atomic E-state index is 12.4. The number of sulfonamides is 1. The first-order chi connectivity index (χ1) is 9.96. The van der Waals surface area contributed by atoms with E-state index >= 15 is 0 Å². The molecule has 0 bridgehead atoms. The molecule has 21 heavy (non-hydrogen) atoms. The third kappa shape index (κ3) is 3.72. The topological polar surface area (TPSA) is 94.9 Å². The molecular formula is C13H21N5O2S. The minimum atomic E-state index is -3.55. The maximum Gasteiger partial charge on any atom is 0.242 e. The van der Waals surface area contributed by atoms with Crippen LogP contribution in [0, 0.1) is 0 Å². The van der Waals surface area contributed by atoms with Gasteiger partial charge in [0.05, 0.1) is 11.4 Å². The molecule has 1 unspecified atom stereocenters. The van der Waals surface area contributed by atoms with E-state index in [-0.39, 0.29) is 10.9 Å². The fourth-order valence-corrected chi connectivity index (χ4v) is 3.50. The first kappa shape index (κ1) is 15.7. The molecule has 0 radical (unpaired) electrons. The second-order valence-electron chi connectivity index (χ2n) is 4.91. The van der Waals surface area contributed by atoms with Gasteiger partial charge in [0, 0.05) is 43.4 Å². The van der Waals surface area contributed by atoms with Crippen molar-refractivity contribution < 1.29 is 8.42 Å². The van der Waals surface area contributed by atoms with Gasteiger partial charge in [0.15, 0.2) is 0 Å². The Hall–Kier alpha value is -1.64. The molecule has 0 amide bonds. The third-order valence-corrected chi connectivity index (χ3v) is 4.75. The van der Waals surface area contributed by atoms with E-state index in [0.29, 0.717) is 19.6 Å². The molecule has 0 fully saturated rings. The highest BCUT2D eigenvalue weighted by Gasteiger charge is 2.20. The van der Waals surface area contributed by atoms with Gasteiger partial charge in [-0.1, -0.05) is 0 Å². The molecule has 0 saturated carbocycles. The molecule has 0 saturated heterocycles. The standard InChI is InChI=1S/C13H21N5O2S/c1-3-17-10-13(7-12(17)8-14)21(19,20)16-11(2)9-18-6-4-5-15-18/h4-7,10-11,16H,3,8-9,14H2,1-2H3. The molecule has 8 heteroatoms. The average Bonchev–Trinajstić information content (AvgIpc) is 3.06. The van der Waals surface area contributed by atoms with Crippen molar-refractivity contribution in [1.82, 2.24) is 19.1 Å². The van der Waals surface area contributed by atoms with E-state index in [2.05, 4.69) is 9.82 Å². The molecule has 116 valence electrons. The van der Waals surface area contributed by atoms with Crippen LogP contribution in [0.5, 0.6) is 0 Å². The lowest BCUT2D eigenvalue weighted by Gasteiger charge is -2.13. The van der Waals surface area contributed by atoms with Gasteiger partial charge in [-0.25, -0.2) is 13.1 Å². The van der Waals surface area contributed by atoms with Gasteiger partial charge in [0.1, 0.15) is 0 Å². The van der Waals surface area contributed by atoms with Crippen LogP contribution in [0.25, 0.3) is 0 Å². The number of nitrogens with two attached hydrogens (primary N) is 1. The first-order valence-corrected chi connectivity index (χ1v) is 8.33. The van der Waals surface area contributed by atoms with Crippen molar-refractivity contribution in [2.45, 2.75) is 44.4 Å². The second-order valence-corrected chi connectivity index (χ2v) is 6.62. The lowest BCUT2D eigenvalue weighted by atomic mass is 10.4. The molecule has 7 nitrogen and oxygen atoms in total. The minimum Gasteiger partial charge on any atom is -0.349 e. The second kappa shape index (κ2) is 6.42. The van der Waals surface area contributed by atoms with Gasteiger partial charge in [-0.3, -0.25) is 4.68 Å². The van der Waals surface area contributed by atoms with Gasteiger partial charge in [0.25, 0.3) is 0 Å². The fraction of sp³-hybridized carbons (Fsp3) is 0.462. The van der Waals surface area contributed by atoms with Crippen LogP contribution < -0.4 is 10.5 Å². The third-order valence-electron chi connectivity index (χ3n) is 3.20. The Morgan fingerprint density at radius 2 is 2.24 bits per heavy atom. The Bertz CT molecular complexity index is 654. The summed E-state index contributed by atoms with van der Waals surface area (Å²) in [5.74, 6) is 0. The van der Waals surface area contributed by atoms with Crippen molar-refractivity contribution >= 4 is 10.0 Å². The Balaban J connectivity index is 2.12. The van der Waals surface area contributed by atoms with E-state index in [9.17, 15) is 8.42 Å². The summed E-state index contributed by atoms with van der Waals surface area (Å²) in [5.41, 5.74) is 6.43. The molecule has 0 aliphatic rings. The predicted molar refractivity (Wildman–Crippen MR) is 80.0 cm³/mol. The van der Waals surface area contributed by atoms with Gasteiger partial charge >= 0.3 is 0 Å². The smallest absolute Gasteiger partial charge is 0.242 e. The zero-order valence-electron chi connectivity index (χ0n) is 12.2. The molecule has 2 aromatic rings. The lowest BCUT2D eigenvalue weighted by molar-refractivity contribution is 0.494. The van der Waals surface area contributed by atoms with Crippen molar-refractivity contribution in [3.8, 4) is 0 Å². The van der Waals surface area contributed by atoms with Gasteiger partial charge in [-0.2, -0.15) is 5.10 Å². The van der Waals surface area contributed by atoms with E-state index in [1.807, 2.05) is 11.5 Å². The normalized spacial score (nSPS) is 13.5. The molecule has 0 spiro atoms. The van der Waals surface area contributed by atoms with Gasteiger partial charge in [-0.15, -0.1) is 0 Å². The maximum atomic E-state index is 12.4. The zero-order valence-corrected chi connectivity index (χ0v) is 13.0. The van der Waals surface area contributed by atoms with Crippen molar-refractivity contribution in [3.63, 3.8) is 0 Å². The van der Waals surface area contributed by atoms with E-state index < -0.39 is 10.0 Å². The first-order valence-electron chi connectivity index (χ1n) is 6.85. The van der Waals surface area contributed by atoms with Crippen LogP contribution in [-0.4, -0.2) is 28.8 Å². The fourth-order valence-electron chi connectivity index (χ4n) is 2.20. The molecular weight excluding hydrogens is 290 g/mol. The molecule has 1 atom stereocenters. The molecule has 3 N–H and O–H groups in total. The monoisotopic (exact) mass is 311 g/mol. The number of hydrogen-bond donors (Lipinski definition) is 2. The molecule has 2 heterocycles. The number of aromatic nitrogens is 3. The molecule has 2 rings (SSSR count). The van der Waals surface area contributed by atoms with Crippen LogP contribution >= 0.6 is 0 Å². The number of rotatable bonds is 7. The largest absolute Gasteiger partial charge is 0.349 e. The minimum absolute atomic E-state index is 0.247. The summed E-state index contributed by atoms with van der Waals surface area (Å²) in [4.78, 5) is 0.247. The van der Waals surface area contributed by atoms with Crippen molar-refractivity contribution in [3.05, 3.63) is 36.4 Å². The van der Waals surface area contributed by atoms with E-state index in [0.717, 1.165) is 5.69 Å². The summed E-state index contributed by atoms with van der Waals surface area (Å²) in [7, 11) is -3.55. The molecule has 0 aliphatic carbocycles. The van der Waals surface area contributed by atoms with Crippen molar-refractivity contribution in [1.29, 1.82) is 0 Å². The van der Waals surface area contributed by atoms with Crippen LogP contribution in [0.15, 0.2) is 35.6 Å². The Morgan fingerprint density at radius 3 is 2.76 bits per heavy atom. The van der Waals surface area contributed by atoms with Crippen LogP contribution in [0.1, 0.15) is 19.5 Å². The number of aryl methyl sites for hydroxylation is 1. The van der Waals surface area contributed by atoms with E-state index in [1.165, 1.54) is 0 Å². The van der Waals surface area contributed by atoms with Crippen LogP contribution in [-0.2, 0) is 29.7 Å². The molecule has 0 aromatic carbocycles. The van der Waals surface area contributed by atoms with E-state index in [4.69, 9.17) is 5.73 Å². The van der Waals surface area contributed by atoms with Crippen LogP contribution in [0.3, 0.4) is 0 Å². The number of hydrogen-bond acceptors (Lipinski definition) is 4. The lowest BCUT2D eigenvalue weighted by Crippen LogP contribution is -2.35. The summed E-state index contributed by atoms with van der Waals surface area (Å²) in [6.07, 6.45) is 5.08. The van der Waals surface area contributed by atoms with Crippen LogP contribution in [0.2, 0.25) is 0 Å². The summed E-state index contributed by atoms with van der Waals surface area (Å²) in [6, 6.07) is 3.16. The quantitative estimate of drug-likeness (QED) is 0.780. The molecule has 0 aliphatic heterocycles. The average molecular weight is 311 g/mol. The highest BCUT2D eigenvalue weighted by molar-refractivity contribution is 7.89.